The quantitative estimate of drug-likeness (QED) is 0.168. The van der Waals surface area contributed by atoms with Crippen molar-refractivity contribution in [2.45, 2.75) is 31.0 Å². The standard InChI is InChI=1S/C35H33BrN2O4/c36-31-17-8-7-16-30(31)32-35(22-9-15-26-11-3-1-4-12-26,34(40)37-25-27-13-5-2-6-14-27)38-33(42-32)28-18-20-29(21-19-28)41-24-10-23-39/h1-9,11-21,32,39H,10,22-25H2,(H,37,40)/b15-9+/t32-,35-/m1/s1. The van der Waals surface area contributed by atoms with Crippen molar-refractivity contribution in [2.24, 2.45) is 4.99 Å². The number of aliphatic hydroxyl groups is 1. The van der Waals surface area contributed by atoms with Crippen molar-refractivity contribution in [1.29, 1.82) is 0 Å². The molecule has 0 fully saturated rings. The van der Waals surface area contributed by atoms with E-state index in [1.165, 1.54) is 0 Å². The highest BCUT2D eigenvalue weighted by molar-refractivity contribution is 9.10. The average Bonchev–Trinajstić information content (AvgIpc) is 3.42. The third-order valence-corrected chi connectivity index (χ3v) is 7.77. The molecule has 1 aliphatic heterocycles. The van der Waals surface area contributed by atoms with Crippen LogP contribution in [0.4, 0.5) is 0 Å². The minimum atomic E-state index is -1.27. The van der Waals surface area contributed by atoms with Crippen molar-refractivity contribution in [3.8, 4) is 5.75 Å². The molecule has 1 heterocycles. The Bertz CT molecular complexity index is 1520. The van der Waals surface area contributed by atoms with Gasteiger partial charge in [-0.15, -0.1) is 0 Å². The number of ether oxygens (including phenoxy) is 2. The van der Waals surface area contributed by atoms with Gasteiger partial charge in [0.1, 0.15) is 5.75 Å². The predicted octanol–water partition coefficient (Wildman–Crippen LogP) is 6.89. The van der Waals surface area contributed by atoms with E-state index in [1.54, 1.807) is 0 Å². The van der Waals surface area contributed by atoms with Gasteiger partial charge in [-0.05, 0) is 41.5 Å². The van der Waals surface area contributed by atoms with E-state index in [2.05, 4.69) is 21.2 Å². The van der Waals surface area contributed by atoms with E-state index in [0.29, 0.717) is 37.6 Å². The molecule has 0 saturated heterocycles. The molecule has 42 heavy (non-hydrogen) atoms. The molecular formula is C35H33BrN2O4. The fraction of sp³-hybridized carbons (Fsp3) is 0.200. The van der Waals surface area contributed by atoms with Crippen molar-refractivity contribution in [3.63, 3.8) is 0 Å². The fourth-order valence-electron chi connectivity index (χ4n) is 4.85. The summed E-state index contributed by atoms with van der Waals surface area (Å²) in [5.41, 5.74) is 2.35. The highest BCUT2D eigenvalue weighted by Gasteiger charge is 2.53. The first-order valence-corrected chi connectivity index (χ1v) is 14.8. The lowest BCUT2D eigenvalue weighted by molar-refractivity contribution is -0.129. The first-order chi connectivity index (χ1) is 20.6. The Morgan fingerprint density at radius 3 is 2.36 bits per heavy atom. The van der Waals surface area contributed by atoms with Gasteiger partial charge in [-0.3, -0.25) is 4.79 Å². The number of nitrogens with zero attached hydrogens (tertiary/aromatic N) is 1. The van der Waals surface area contributed by atoms with E-state index in [1.807, 2.05) is 121 Å². The number of benzene rings is 4. The molecule has 214 valence electrons. The lowest BCUT2D eigenvalue weighted by Gasteiger charge is -2.30. The molecule has 0 bridgehead atoms. The van der Waals surface area contributed by atoms with E-state index < -0.39 is 11.6 Å². The van der Waals surface area contributed by atoms with Gasteiger partial charge in [0, 0.05) is 41.6 Å². The Kier molecular flexibility index (Phi) is 9.85. The minimum absolute atomic E-state index is 0.0757. The van der Waals surface area contributed by atoms with Crippen molar-refractivity contribution < 1.29 is 19.4 Å². The predicted molar refractivity (Wildman–Crippen MR) is 169 cm³/mol. The second kappa shape index (κ2) is 14.1. The Labute approximate surface area is 254 Å². The number of hydrogen-bond donors (Lipinski definition) is 2. The van der Waals surface area contributed by atoms with E-state index in [-0.39, 0.29) is 12.5 Å². The monoisotopic (exact) mass is 624 g/mol. The number of nitrogens with one attached hydrogen (secondary N) is 1. The summed E-state index contributed by atoms with van der Waals surface area (Å²) in [5.74, 6) is 0.857. The van der Waals surface area contributed by atoms with Crippen molar-refractivity contribution in [3.05, 3.63) is 142 Å². The number of amides is 1. The topological polar surface area (TPSA) is 80.2 Å². The van der Waals surface area contributed by atoms with Crippen LogP contribution in [0, 0.1) is 0 Å². The zero-order valence-corrected chi connectivity index (χ0v) is 24.7. The van der Waals surface area contributed by atoms with Gasteiger partial charge in [-0.2, -0.15) is 0 Å². The zero-order valence-electron chi connectivity index (χ0n) is 23.2. The van der Waals surface area contributed by atoms with Crippen LogP contribution in [0.2, 0.25) is 0 Å². The fourth-order valence-corrected chi connectivity index (χ4v) is 5.34. The molecule has 7 heteroatoms. The van der Waals surface area contributed by atoms with Crippen LogP contribution in [0.1, 0.15) is 41.2 Å². The highest BCUT2D eigenvalue weighted by atomic mass is 79.9. The van der Waals surface area contributed by atoms with Crippen LogP contribution in [0.25, 0.3) is 6.08 Å². The number of halogens is 1. The second-order valence-electron chi connectivity index (χ2n) is 10.00. The molecule has 1 amide bonds. The zero-order chi connectivity index (χ0) is 29.2. The number of carbonyl (C=O) groups excluding carboxylic acids is 1. The Morgan fingerprint density at radius 2 is 1.64 bits per heavy atom. The van der Waals surface area contributed by atoms with E-state index >= 15 is 0 Å². The van der Waals surface area contributed by atoms with Crippen LogP contribution < -0.4 is 10.1 Å². The first kappa shape index (κ1) is 29.3. The molecule has 6 nitrogen and oxygen atoms in total. The summed E-state index contributed by atoms with van der Waals surface area (Å²) in [4.78, 5) is 19.3. The number of aliphatic hydroxyl groups excluding tert-OH is 1. The van der Waals surface area contributed by atoms with Crippen LogP contribution in [-0.4, -0.2) is 35.7 Å². The first-order valence-electron chi connectivity index (χ1n) is 14.0. The summed E-state index contributed by atoms with van der Waals surface area (Å²) in [6.45, 7) is 0.874. The molecule has 0 spiro atoms. The smallest absolute Gasteiger partial charge is 0.252 e. The maximum Gasteiger partial charge on any atom is 0.252 e. The molecule has 0 radical (unpaired) electrons. The van der Waals surface area contributed by atoms with Crippen LogP contribution in [0.3, 0.4) is 0 Å². The summed E-state index contributed by atoms with van der Waals surface area (Å²) in [6.07, 6.45) is 4.20. The lowest BCUT2D eigenvalue weighted by atomic mass is 9.84. The van der Waals surface area contributed by atoms with Crippen molar-refractivity contribution >= 4 is 33.8 Å². The number of hydrogen-bond acceptors (Lipinski definition) is 5. The second-order valence-corrected chi connectivity index (χ2v) is 10.9. The number of rotatable bonds is 12. The summed E-state index contributed by atoms with van der Waals surface area (Å²) in [5, 5.41) is 12.2. The normalized spacial score (nSPS) is 18.0. The van der Waals surface area contributed by atoms with E-state index in [9.17, 15) is 4.79 Å². The molecule has 0 aliphatic carbocycles. The molecule has 1 aliphatic rings. The molecule has 5 rings (SSSR count). The molecule has 0 saturated carbocycles. The number of carbonyl (C=O) groups is 1. The molecule has 2 N–H and O–H groups in total. The summed E-state index contributed by atoms with van der Waals surface area (Å²) < 4.78 is 13.1. The van der Waals surface area contributed by atoms with Crippen LogP contribution >= 0.6 is 15.9 Å². The van der Waals surface area contributed by atoms with E-state index in [4.69, 9.17) is 19.6 Å². The van der Waals surface area contributed by atoms with Gasteiger partial charge in [0.15, 0.2) is 11.6 Å². The summed E-state index contributed by atoms with van der Waals surface area (Å²) in [7, 11) is 0. The highest BCUT2D eigenvalue weighted by Crippen LogP contribution is 2.45. The molecule has 0 unspecified atom stereocenters. The minimum Gasteiger partial charge on any atom is -0.494 e. The maximum absolute atomic E-state index is 14.3. The summed E-state index contributed by atoms with van der Waals surface area (Å²) >= 11 is 3.69. The van der Waals surface area contributed by atoms with Gasteiger partial charge in [-0.1, -0.05) is 107 Å². The molecule has 2 atom stereocenters. The van der Waals surface area contributed by atoms with Crippen LogP contribution in [0.15, 0.2) is 125 Å². The van der Waals surface area contributed by atoms with Gasteiger partial charge in [0.2, 0.25) is 5.90 Å². The Hall–Kier alpha value is -4.20. The number of aliphatic imine (C=N–C) groups is 1. The molecule has 4 aromatic rings. The molecule has 0 aromatic heterocycles. The van der Waals surface area contributed by atoms with Crippen LogP contribution in [-0.2, 0) is 16.1 Å². The third-order valence-electron chi connectivity index (χ3n) is 7.05. The van der Waals surface area contributed by atoms with Crippen molar-refractivity contribution in [1.82, 2.24) is 5.32 Å². The van der Waals surface area contributed by atoms with Gasteiger partial charge in [-0.25, -0.2) is 4.99 Å². The largest absolute Gasteiger partial charge is 0.494 e. The molecule has 4 aromatic carbocycles. The van der Waals surface area contributed by atoms with Gasteiger partial charge in [0.25, 0.3) is 5.91 Å². The molecular weight excluding hydrogens is 592 g/mol. The lowest BCUT2D eigenvalue weighted by Crippen LogP contribution is -2.47. The van der Waals surface area contributed by atoms with E-state index in [0.717, 1.165) is 26.7 Å². The van der Waals surface area contributed by atoms with Crippen LogP contribution in [0.5, 0.6) is 5.75 Å². The van der Waals surface area contributed by atoms with Crippen molar-refractivity contribution in [2.75, 3.05) is 13.2 Å². The summed E-state index contributed by atoms with van der Waals surface area (Å²) in [6, 6.07) is 35.0. The van der Waals surface area contributed by atoms with Gasteiger partial charge < -0.3 is 19.9 Å². The Balaban J connectivity index is 1.53. The van der Waals surface area contributed by atoms with Gasteiger partial charge in [0.05, 0.1) is 6.61 Å². The Morgan fingerprint density at radius 1 is 0.952 bits per heavy atom. The maximum atomic E-state index is 14.3. The van der Waals surface area contributed by atoms with Gasteiger partial charge >= 0.3 is 0 Å². The SMILES string of the molecule is O=C(NCc1ccccc1)[C@]1(C/C=C/c2ccccc2)N=C(c2ccc(OCCCO)cc2)O[C@@H]1c1ccccc1Br. The average molecular weight is 626 g/mol. The third kappa shape index (κ3) is 6.98.